The molecular weight excluding hydrogens is 342 g/mol. The highest BCUT2D eigenvalue weighted by atomic mass is 16.1. The molecule has 2 atom stereocenters. The molecule has 27 heavy (non-hydrogen) atoms. The molecule has 0 aliphatic carbocycles. The minimum atomic E-state index is -0.129. The summed E-state index contributed by atoms with van der Waals surface area (Å²) in [5, 5.41) is 22.7. The Morgan fingerprint density at radius 3 is 2.78 bits per heavy atom. The van der Waals surface area contributed by atoms with E-state index >= 15 is 0 Å². The van der Waals surface area contributed by atoms with Crippen LogP contribution in [0.25, 0.3) is 5.65 Å². The van der Waals surface area contributed by atoms with Crippen LogP contribution >= 0.6 is 0 Å². The molecule has 0 bridgehead atoms. The molecule has 3 heterocycles. The number of aryl methyl sites for hydroxylation is 1. The number of pyridine rings is 1. The van der Waals surface area contributed by atoms with Gasteiger partial charge in [-0.1, -0.05) is 0 Å². The summed E-state index contributed by atoms with van der Waals surface area (Å²) in [5.41, 5.74) is 2.52. The molecule has 2 N–H and O–H groups in total. The van der Waals surface area contributed by atoms with E-state index in [-0.39, 0.29) is 23.7 Å². The zero-order valence-electron chi connectivity index (χ0n) is 15.5. The predicted molar refractivity (Wildman–Crippen MR) is 101 cm³/mol. The Hall–Kier alpha value is -3.47. The third-order valence-electron chi connectivity index (χ3n) is 4.10. The SMILES string of the molecule is Cc1cn2ccc(C(=O)NC(C)CC(C)Nc3ccc(C#N)nn3)cc2n1. The Balaban J connectivity index is 1.55. The van der Waals surface area contributed by atoms with Crippen molar-refractivity contribution >= 4 is 17.4 Å². The lowest BCUT2D eigenvalue weighted by molar-refractivity contribution is 0.0938. The fourth-order valence-corrected chi connectivity index (χ4v) is 2.93. The zero-order valence-corrected chi connectivity index (χ0v) is 15.5. The summed E-state index contributed by atoms with van der Waals surface area (Å²) >= 11 is 0. The molecular formula is C19H21N7O. The van der Waals surface area contributed by atoms with Crippen LogP contribution in [0.15, 0.2) is 36.7 Å². The molecule has 2 unspecified atom stereocenters. The number of imidazole rings is 1. The van der Waals surface area contributed by atoms with E-state index in [4.69, 9.17) is 5.26 Å². The quantitative estimate of drug-likeness (QED) is 0.696. The fourth-order valence-electron chi connectivity index (χ4n) is 2.93. The molecule has 3 aromatic heterocycles. The maximum atomic E-state index is 12.5. The van der Waals surface area contributed by atoms with Crippen molar-refractivity contribution in [3.8, 4) is 6.07 Å². The summed E-state index contributed by atoms with van der Waals surface area (Å²) in [6.07, 6.45) is 4.46. The van der Waals surface area contributed by atoms with Crippen LogP contribution in [0.4, 0.5) is 5.82 Å². The molecule has 8 heteroatoms. The molecule has 0 saturated carbocycles. The van der Waals surface area contributed by atoms with E-state index in [0.29, 0.717) is 17.8 Å². The third kappa shape index (κ3) is 4.58. The average Bonchev–Trinajstić information content (AvgIpc) is 3.01. The van der Waals surface area contributed by atoms with Crippen molar-refractivity contribution in [1.82, 2.24) is 24.9 Å². The Morgan fingerprint density at radius 1 is 1.26 bits per heavy atom. The third-order valence-corrected chi connectivity index (χ3v) is 4.10. The molecule has 0 spiro atoms. The first-order valence-corrected chi connectivity index (χ1v) is 8.71. The lowest BCUT2D eigenvalue weighted by Crippen LogP contribution is -2.36. The molecule has 0 saturated heterocycles. The number of aromatic nitrogens is 4. The molecule has 138 valence electrons. The van der Waals surface area contributed by atoms with Crippen molar-refractivity contribution < 1.29 is 4.79 Å². The molecule has 0 aliphatic heterocycles. The van der Waals surface area contributed by atoms with Gasteiger partial charge in [-0.2, -0.15) is 5.26 Å². The number of hydrogen-bond acceptors (Lipinski definition) is 6. The molecule has 3 rings (SSSR count). The smallest absolute Gasteiger partial charge is 0.251 e. The summed E-state index contributed by atoms with van der Waals surface area (Å²) in [7, 11) is 0. The largest absolute Gasteiger partial charge is 0.366 e. The van der Waals surface area contributed by atoms with E-state index in [1.807, 2.05) is 43.6 Å². The molecule has 0 aromatic carbocycles. The maximum absolute atomic E-state index is 12.5. The number of nitriles is 1. The topological polar surface area (TPSA) is 108 Å². The van der Waals surface area contributed by atoms with E-state index < -0.39 is 0 Å². The van der Waals surface area contributed by atoms with Gasteiger partial charge in [-0.3, -0.25) is 4.79 Å². The number of anilines is 1. The highest BCUT2D eigenvalue weighted by Gasteiger charge is 2.14. The number of fused-ring (bicyclic) bond motifs is 1. The lowest BCUT2D eigenvalue weighted by atomic mass is 10.1. The first-order valence-electron chi connectivity index (χ1n) is 8.71. The molecule has 0 aliphatic rings. The van der Waals surface area contributed by atoms with Gasteiger partial charge >= 0.3 is 0 Å². The van der Waals surface area contributed by atoms with E-state index in [0.717, 1.165) is 11.3 Å². The standard InChI is InChI=1S/C19H21N7O/c1-12(21-17-5-4-16(10-20)24-25-17)8-13(2)23-19(27)15-6-7-26-11-14(3)22-18(26)9-15/h4-7,9,11-13H,8H2,1-3H3,(H,21,25)(H,23,27). The normalized spacial score (nSPS) is 13.0. The van der Waals surface area contributed by atoms with E-state index in [1.165, 1.54) is 0 Å². The van der Waals surface area contributed by atoms with Gasteiger partial charge in [0.15, 0.2) is 5.69 Å². The number of hydrogen-bond donors (Lipinski definition) is 2. The highest BCUT2D eigenvalue weighted by Crippen LogP contribution is 2.10. The summed E-state index contributed by atoms with van der Waals surface area (Å²) in [5.74, 6) is 0.469. The minimum Gasteiger partial charge on any atom is -0.366 e. The van der Waals surface area contributed by atoms with Gasteiger partial charge in [0.1, 0.15) is 17.5 Å². The van der Waals surface area contributed by atoms with Gasteiger partial charge in [0.25, 0.3) is 5.91 Å². The van der Waals surface area contributed by atoms with Crippen LogP contribution < -0.4 is 10.6 Å². The Bertz CT molecular complexity index is 987. The van der Waals surface area contributed by atoms with Crippen molar-refractivity contribution in [2.24, 2.45) is 0 Å². The molecule has 0 fully saturated rings. The van der Waals surface area contributed by atoms with Crippen LogP contribution in [0, 0.1) is 18.3 Å². The van der Waals surface area contributed by atoms with Crippen molar-refractivity contribution in [3.05, 3.63) is 53.6 Å². The molecule has 1 amide bonds. The Labute approximate surface area is 157 Å². The fraction of sp³-hybridized carbons (Fsp3) is 0.316. The first-order chi connectivity index (χ1) is 12.9. The monoisotopic (exact) mass is 363 g/mol. The predicted octanol–water partition coefficient (Wildman–Crippen LogP) is 2.31. The first kappa shape index (κ1) is 18.3. The second kappa shape index (κ2) is 7.83. The van der Waals surface area contributed by atoms with E-state index in [9.17, 15) is 4.79 Å². The molecule has 8 nitrogen and oxygen atoms in total. The second-order valence-corrected chi connectivity index (χ2v) is 6.63. The van der Waals surface area contributed by atoms with Crippen molar-refractivity contribution in [3.63, 3.8) is 0 Å². The van der Waals surface area contributed by atoms with E-state index in [2.05, 4.69) is 25.8 Å². The number of nitrogens with zero attached hydrogens (tertiary/aromatic N) is 5. The van der Waals surface area contributed by atoms with Gasteiger partial charge in [-0.05, 0) is 51.5 Å². The van der Waals surface area contributed by atoms with Gasteiger partial charge in [0.2, 0.25) is 0 Å². The van der Waals surface area contributed by atoms with Crippen molar-refractivity contribution in [1.29, 1.82) is 5.26 Å². The van der Waals surface area contributed by atoms with Crippen molar-refractivity contribution in [2.75, 3.05) is 5.32 Å². The number of carbonyl (C=O) groups excluding carboxylic acids is 1. The van der Waals surface area contributed by atoms with Crippen LogP contribution in [-0.2, 0) is 0 Å². The summed E-state index contributed by atoms with van der Waals surface area (Å²) in [6, 6.07) is 8.86. The maximum Gasteiger partial charge on any atom is 0.251 e. The summed E-state index contributed by atoms with van der Waals surface area (Å²) in [6.45, 7) is 5.88. The highest BCUT2D eigenvalue weighted by molar-refractivity contribution is 5.95. The molecule has 0 radical (unpaired) electrons. The lowest BCUT2D eigenvalue weighted by Gasteiger charge is -2.20. The zero-order chi connectivity index (χ0) is 19.4. The van der Waals surface area contributed by atoms with Crippen LogP contribution in [0.1, 0.15) is 42.0 Å². The van der Waals surface area contributed by atoms with Crippen LogP contribution in [-0.4, -0.2) is 37.6 Å². The number of nitrogens with one attached hydrogen (secondary N) is 2. The summed E-state index contributed by atoms with van der Waals surface area (Å²) < 4.78 is 1.89. The Kier molecular flexibility index (Phi) is 5.31. The van der Waals surface area contributed by atoms with Gasteiger partial charge in [-0.25, -0.2) is 4.98 Å². The van der Waals surface area contributed by atoms with Crippen LogP contribution in [0.5, 0.6) is 0 Å². The van der Waals surface area contributed by atoms with Crippen molar-refractivity contribution in [2.45, 2.75) is 39.3 Å². The molecule has 3 aromatic rings. The minimum absolute atomic E-state index is 0.0379. The summed E-state index contributed by atoms with van der Waals surface area (Å²) in [4.78, 5) is 16.9. The number of carbonyl (C=O) groups is 1. The van der Waals surface area contributed by atoms with Gasteiger partial charge in [0.05, 0.1) is 5.69 Å². The second-order valence-electron chi connectivity index (χ2n) is 6.63. The van der Waals surface area contributed by atoms with Crippen LogP contribution in [0.2, 0.25) is 0 Å². The van der Waals surface area contributed by atoms with Gasteiger partial charge in [-0.15, -0.1) is 10.2 Å². The number of rotatable bonds is 6. The number of amides is 1. The van der Waals surface area contributed by atoms with Gasteiger partial charge < -0.3 is 15.0 Å². The van der Waals surface area contributed by atoms with Crippen LogP contribution in [0.3, 0.4) is 0 Å². The van der Waals surface area contributed by atoms with E-state index in [1.54, 1.807) is 24.3 Å². The Morgan fingerprint density at radius 2 is 2.07 bits per heavy atom. The van der Waals surface area contributed by atoms with Gasteiger partial charge in [0, 0.05) is 30.0 Å². The average molecular weight is 363 g/mol.